The second-order valence-corrected chi connectivity index (χ2v) is 5.11. The van der Waals surface area contributed by atoms with E-state index in [-0.39, 0.29) is 5.69 Å². The molecule has 2 heterocycles. The number of benzene rings is 1. The van der Waals surface area contributed by atoms with E-state index in [1.807, 2.05) is 0 Å². The van der Waals surface area contributed by atoms with Crippen LogP contribution in [-0.2, 0) is 0 Å². The molecular weight excluding hydrogens is 327 g/mol. The van der Waals surface area contributed by atoms with Crippen LogP contribution >= 0.6 is 15.9 Å². The highest BCUT2D eigenvalue weighted by Gasteiger charge is 2.13. The summed E-state index contributed by atoms with van der Waals surface area (Å²) < 4.78 is 16.0. The van der Waals surface area contributed by atoms with Gasteiger partial charge in [-0.2, -0.15) is 0 Å². The van der Waals surface area contributed by atoms with Gasteiger partial charge in [-0.05, 0) is 30.3 Å². The first kappa shape index (κ1) is 12.8. The molecule has 100 valence electrons. The van der Waals surface area contributed by atoms with Gasteiger partial charge in [0.2, 0.25) is 0 Å². The lowest BCUT2D eigenvalue weighted by Gasteiger charge is -1.99. The molecular formula is C14H8BrFN2O2. The lowest BCUT2D eigenvalue weighted by atomic mass is 10.1. The van der Waals surface area contributed by atoms with Gasteiger partial charge in [0.25, 0.3) is 0 Å². The molecule has 0 saturated heterocycles. The fourth-order valence-corrected chi connectivity index (χ4v) is 2.37. The minimum atomic E-state index is -1.06. The van der Waals surface area contributed by atoms with Gasteiger partial charge >= 0.3 is 5.97 Å². The van der Waals surface area contributed by atoms with Gasteiger partial charge in [0.1, 0.15) is 17.2 Å². The Hall–Kier alpha value is -2.21. The molecule has 20 heavy (non-hydrogen) atoms. The van der Waals surface area contributed by atoms with Gasteiger partial charge < -0.3 is 5.11 Å². The normalized spacial score (nSPS) is 10.9. The molecule has 0 aliphatic rings. The zero-order valence-electron chi connectivity index (χ0n) is 10.0. The number of aromatic nitrogens is 2. The second-order valence-electron chi connectivity index (χ2n) is 4.19. The van der Waals surface area contributed by atoms with Crippen LogP contribution in [0.5, 0.6) is 0 Å². The molecule has 0 unspecified atom stereocenters. The minimum absolute atomic E-state index is 0.0802. The first-order valence-electron chi connectivity index (χ1n) is 5.73. The summed E-state index contributed by atoms with van der Waals surface area (Å²) in [6.45, 7) is 0. The molecule has 1 aromatic carbocycles. The van der Waals surface area contributed by atoms with E-state index in [4.69, 9.17) is 5.11 Å². The highest BCUT2D eigenvalue weighted by Crippen LogP contribution is 2.26. The van der Waals surface area contributed by atoms with Crippen LogP contribution in [0, 0.1) is 5.82 Å². The Balaban J connectivity index is 2.26. The zero-order chi connectivity index (χ0) is 14.3. The number of rotatable bonds is 2. The summed E-state index contributed by atoms with van der Waals surface area (Å²) >= 11 is 3.28. The molecule has 0 spiro atoms. The van der Waals surface area contributed by atoms with Gasteiger partial charge in [-0.25, -0.2) is 14.2 Å². The van der Waals surface area contributed by atoms with Crippen LogP contribution in [0.2, 0.25) is 0 Å². The Labute approximate surface area is 121 Å². The van der Waals surface area contributed by atoms with Crippen molar-refractivity contribution >= 4 is 27.5 Å². The van der Waals surface area contributed by atoms with Gasteiger partial charge in [0, 0.05) is 16.2 Å². The Bertz CT molecular complexity index is 829. The van der Waals surface area contributed by atoms with E-state index in [0.29, 0.717) is 16.9 Å². The topological polar surface area (TPSA) is 54.6 Å². The Morgan fingerprint density at radius 2 is 2.10 bits per heavy atom. The van der Waals surface area contributed by atoms with E-state index in [9.17, 15) is 9.18 Å². The maximum atomic E-state index is 13.9. The summed E-state index contributed by atoms with van der Waals surface area (Å²) in [6, 6.07) is 9.28. The number of nitrogens with zero attached hydrogens (tertiary/aromatic N) is 2. The third kappa shape index (κ3) is 2.08. The molecule has 0 saturated carbocycles. The third-order valence-corrected chi connectivity index (χ3v) is 3.41. The smallest absolute Gasteiger partial charge is 0.352 e. The maximum Gasteiger partial charge on any atom is 0.352 e. The van der Waals surface area contributed by atoms with Crippen LogP contribution in [0.4, 0.5) is 4.39 Å². The first-order valence-corrected chi connectivity index (χ1v) is 6.52. The number of aromatic carboxylic acids is 1. The van der Waals surface area contributed by atoms with Crippen LogP contribution in [0.25, 0.3) is 16.9 Å². The molecule has 3 rings (SSSR count). The van der Waals surface area contributed by atoms with Crippen LogP contribution in [0.15, 0.2) is 47.1 Å². The lowest BCUT2D eigenvalue weighted by Crippen LogP contribution is -2.03. The monoisotopic (exact) mass is 334 g/mol. The summed E-state index contributed by atoms with van der Waals surface area (Å²) in [4.78, 5) is 15.4. The molecule has 0 aliphatic carbocycles. The molecule has 0 atom stereocenters. The predicted octanol–water partition coefficient (Wildman–Crippen LogP) is 3.60. The van der Waals surface area contributed by atoms with Crippen molar-refractivity contribution in [3.05, 3.63) is 58.6 Å². The number of halogens is 2. The van der Waals surface area contributed by atoms with E-state index in [2.05, 4.69) is 20.9 Å². The fraction of sp³-hybridized carbons (Fsp3) is 0. The van der Waals surface area contributed by atoms with Crippen LogP contribution in [0.3, 0.4) is 0 Å². The molecule has 0 bridgehead atoms. The van der Waals surface area contributed by atoms with Crippen molar-refractivity contribution in [2.24, 2.45) is 0 Å². The predicted molar refractivity (Wildman–Crippen MR) is 75.2 cm³/mol. The summed E-state index contributed by atoms with van der Waals surface area (Å²) in [6.07, 6.45) is 1.52. The highest BCUT2D eigenvalue weighted by atomic mass is 79.9. The molecule has 2 aromatic heterocycles. The standard InChI is InChI=1S/C14H8BrFN2O2/c15-8-4-5-10(16)9(6-8)11-7-18-12(14(19)20)2-1-3-13(18)17-11/h1-7H,(H,19,20). The maximum absolute atomic E-state index is 13.9. The van der Waals surface area contributed by atoms with E-state index >= 15 is 0 Å². The van der Waals surface area contributed by atoms with E-state index in [0.717, 1.165) is 4.47 Å². The number of carboxylic acids is 1. The van der Waals surface area contributed by atoms with Crippen molar-refractivity contribution in [2.75, 3.05) is 0 Å². The van der Waals surface area contributed by atoms with Crippen molar-refractivity contribution < 1.29 is 14.3 Å². The molecule has 0 radical (unpaired) electrons. The van der Waals surface area contributed by atoms with E-state index in [1.54, 1.807) is 24.3 Å². The van der Waals surface area contributed by atoms with Gasteiger partial charge in [-0.1, -0.05) is 22.0 Å². The van der Waals surface area contributed by atoms with Gasteiger partial charge in [0.05, 0.1) is 5.69 Å². The Morgan fingerprint density at radius 3 is 2.85 bits per heavy atom. The largest absolute Gasteiger partial charge is 0.477 e. The first-order chi connectivity index (χ1) is 9.56. The number of imidazole rings is 1. The molecule has 1 N–H and O–H groups in total. The molecule has 0 fully saturated rings. The number of carboxylic acid groups (broad SMARTS) is 1. The molecule has 3 aromatic rings. The van der Waals surface area contributed by atoms with E-state index in [1.165, 1.54) is 22.7 Å². The number of fused-ring (bicyclic) bond motifs is 1. The van der Waals surface area contributed by atoms with Crippen molar-refractivity contribution in [2.45, 2.75) is 0 Å². The summed E-state index contributed by atoms with van der Waals surface area (Å²) in [5, 5.41) is 9.13. The fourth-order valence-electron chi connectivity index (χ4n) is 2.01. The average Bonchev–Trinajstić information content (AvgIpc) is 2.84. The zero-order valence-corrected chi connectivity index (χ0v) is 11.6. The summed E-state index contributed by atoms with van der Waals surface area (Å²) in [5.74, 6) is -1.47. The van der Waals surface area contributed by atoms with Crippen molar-refractivity contribution in [1.29, 1.82) is 0 Å². The number of hydrogen-bond donors (Lipinski definition) is 1. The number of hydrogen-bond acceptors (Lipinski definition) is 2. The lowest BCUT2D eigenvalue weighted by molar-refractivity contribution is 0.0689. The number of pyridine rings is 1. The quantitative estimate of drug-likeness (QED) is 0.779. The van der Waals surface area contributed by atoms with Crippen molar-refractivity contribution in [3.63, 3.8) is 0 Å². The van der Waals surface area contributed by atoms with Crippen LogP contribution < -0.4 is 0 Å². The van der Waals surface area contributed by atoms with Crippen molar-refractivity contribution in [3.8, 4) is 11.3 Å². The minimum Gasteiger partial charge on any atom is -0.477 e. The molecule has 6 heteroatoms. The van der Waals surface area contributed by atoms with E-state index < -0.39 is 11.8 Å². The van der Waals surface area contributed by atoms with Crippen LogP contribution in [-0.4, -0.2) is 20.5 Å². The Morgan fingerprint density at radius 1 is 1.30 bits per heavy atom. The highest BCUT2D eigenvalue weighted by molar-refractivity contribution is 9.10. The van der Waals surface area contributed by atoms with Crippen molar-refractivity contribution in [1.82, 2.24) is 9.38 Å². The third-order valence-electron chi connectivity index (χ3n) is 2.92. The van der Waals surface area contributed by atoms with Gasteiger partial charge in [-0.3, -0.25) is 4.40 Å². The molecule has 0 aliphatic heterocycles. The van der Waals surface area contributed by atoms with Crippen LogP contribution in [0.1, 0.15) is 10.5 Å². The average molecular weight is 335 g/mol. The van der Waals surface area contributed by atoms with Gasteiger partial charge in [-0.15, -0.1) is 0 Å². The molecule has 4 nitrogen and oxygen atoms in total. The number of carbonyl (C=O) groups is 1. The summed E-state index contributed by atoms with van der Waals surface area (Å²) in [5.41, 5.74) is 1.24. The second kappa shape index (κ2) is 4.72. The SMILES string of the molecule is O=C(O)c1cccc2nc(-c3cc(Br)ccc3F)cn12. The Kier molecular flexibility index (Phi) is 3.02. The molecule has 0 amide bonds. The van der Waals surface area contributed by atoms with Gasteiger partial charge in [0.15, 0.2) is 0 Å². The summed E-state index contributed by atoms with van der Waals surface area (Å²) in [7, 11) is 0.